The van der Waals surface area contributed by atoms with Crippen LogP contribution >= 0.6 is 0 Å². The molecule has 1 rings (SSSR count). The third kappa shape index (κ3) is 5.80. The average molecular weight is 283 g/mol. The lowest BCUT2D eigenvalue weighted by Gasteiger charge is -2.31. The van der Waals surface area contributed by atoms with Gasteiger partial charge in [-0.15, -0.1) is 0 Å². The van der Waals surface area contributed by atoms with Crippen LogP contribution in [0.25, 0.3) is 0 Å². The van der Waals surface area contributed by atoms with Crippen LogP contribution in [0.3, 0.4) is 0 Å². The van der Waals surface area contributed by atoms with Gasteiger partial charge in [-0.25, -0.2) is 0 Å². The fraction of sp³-hybridized carbons (Fsp3) is 0.938. The van der Waals surface area contributed by atoms with Gasteiger partial charge in [0.25, 0.3) is 0 Å². The van der Waals surface area contributed by atoms with E-state index in [2.05, 4.69) is 38.0 Å². The second kappa shape index (κ2) is 8.63. The molecule has 0 aromatic heterocycles. The first-order valence-corrected chi connectivity index (χ1v) is 8.15. The molecule has 4 heteroatoms. The molecule has 1 aliphatic carbocycles. The second-order valence-electron chi connectivity index (χ2n) is 6.72. The van der Waals surface area contributed by atoms with Crippen molar-refractivity contribution in [1.29, 1.82) is 0 Å². The number of nitrogens with two attached hydrogens (primary N) is 1. The van der Waals surface area contributed by atoms with Gasteiger partial charge >= 0.3 is 0 Å². The normalized spacial score (nSPS) is 27.1. The molecule has 1 saturated carbocycles. The molecule has 0 saturated heterocycles. The summed E-state index contributed by atoms with van der Waals surface area (Å²) in [6.45, 7) is 8.49. The lowest BCUT2D eigenvalue weighted by molar-refractivity contribution is -0.126. The SMILES string of the molecule is CC1CCC(C(=O)NCCCCN(C)C(C)C)CC1N. The predicted molar refractivity (Wildman–Crippen MR) is 84.5 cm³/mol. The molecule has 20 heavy (non-hydrogen) atoms. The average Bonchev–Trinajstić information content (AvgIpc) is 2.40. The highest BCUT2D eigenvalue weighted by atomic mass is 16.1. The molecule has 0 spiro atoms. The summed E-state index contributed by atoms with van der Waals surface area (Å²) in [6, 6.07) is 0.787. The maximum atomic E-state index is 12.1. The van der Waals surface area contributed by atoms with Crippen LogP contribution < -0.4 is 11.1 Å². The Morgan fingerprint density at radius 2 is 2.05 bits per heavy atom. The molecule has 0 aromatic rings. The molecule has 3 unspecified atom stereocenters. The number of rotatable bonds is 7. The van der Waals surface area contributed by atoms with Crippen molar-refractivity contribution in [1.82, 2.24) is 10.2 Å². The minimum atomic E-state index is 0.138. The molecule has 3 N–H and O–H groups in total. The van der Waals surface area contributed by atoms with Crippen LogP contribution in [0, 0.1) is 11.8 Å². The molecule has 0 heterocycles. The Balaban J connectivity index is 2.11. The third-order valence-corrected chi connectivity index (χ3v) is 4.75. The lowest BCUT2D eigenvalue weighted by Crippen LogP contribution is -2.41. The first-order valence-electron chi connectivity index (χ1n) is 8.15. The van der Waals surface area contributed by atoms with Crippen LogP contribution in [0.2, 0.25) is 0 Å². The first kappa shape index (κ1) is 17.4. The van der Waals surface area contributed by atoms with Gasteiger partial charge in [-0.05, 0) is 65.5 Å². The third-order valence-electron chi connectivity index (χ3n) is 4.75. The van der Waals surface area contributed by atoms with Gasteiger partial charge in [0.15, 0.2) is 0 Å². The van der Waals surface area contributed by atoms with E-state index in [4.69, 9.17) is 5.73 Å². The zero-order chi connectivity index (χ0) is 15.1. The van der Waals surface area contributed by atoms with Crippen molar-refractivity contribution in [2.24, 2.45) is 17.6 Å². The van der Waals surface area contributed by atoms with Crippen molar-refractivity contribution in [3.05, 3.63) is 0 Å². The van der Waals surface area contributed by atoms with Gasteiger partial charge in [0, 0.05) is 24.5 Å². The highest BCUT2D eigenvalue weighted by molar-refractivity contribution is 5.78. The summed E-state index contributed by atoms with van der Waals surface area (Å²) in [4.78, 5) is 14.4. The van der Waals surface area contributed by atoms with Gasteiger partial charge in [0.1, 0.15) is 0 Å². The summed E-state index contributed by atoms with van der Waals surface area (Å²) in [5, 5.41) is 3.08. The lowest BCUT2D eigenvalue weighted by atomic mass is 9.79. The second-order valence-corrected chi connectivity index (χ2v) is 6.72. The van der Waals surface area contributed by atoms with Crippen molar-refractivity contribution in [3.8, 4) is 0 Å². The molecule has 4 nitrogen and oxygen atoms in total. The summed E-state index contributed by atoms with van der Waals surface area (Å²) < 4.78 is 0. The van der Waals surface area contributed by atoms with Crippen molar-refractivity contribution >= 4 is 5.91 Å². The molecular formula is C16H33N3O. The number of carbonyl (C=O) groups excluding carboxylic acids is 1. The van der Waals surface area contributed by atoms with E-state index in [0.29, 0.717) is 12.0 Å². The van der Waals surface area contributed by atoms with Gasteiger partial charge in [0.2, 0.25) is 5.91 Å². The van der Waals surface area contributed by atoms with Crippen molar-refractivity contribution in [2.75, 3.05) is 20.1 Å². The first-order chi connectivity index (χ1) is 9.41. The summed E-state index contributed by atoms with van der Waals surface area (Å²) >= 11 is 0. The summed E-state index contributed by atoms with van der Waals surface area (Å²) in [5.74, 6) is 0.912. The van der Waals surface area contributed by atoms with E-state index in [9.17, 15) is 4.79 Å². The summed E-state index contributed by atoms with van der Waals surface area (Å²) in [6.07, 6.45) is 5.12. The Morgan fingerprint density at radius 3 is 2.65 bits per heavy atom. The van der Waals surface area contributed by atoms with Crippen LogP contribution in [0.4, 0.5) is 0 Å². The van der Waals surface area contributed by atoms with E-state index in [1.54, 1.807) is 0 Å². The van der Waals surface area contributed by atoms with Gasteiger partial charge in [-0.3, -0.25) is 4.79 Å². The Labute approximate surface area is 124 Å². The number of nitrogens with one attached hydrogen (secondary N) is 1. The van der Waals surface area contributed by atoms with Gasteiger partial charge in [0.05, 0.1) is 0 Å². The number of carbonyl (C=O) groups is 1. The molecular weight excluding hydrogens is 250 g/mol. The molecule has 0 aliphatic heterocycles. The standard InChI is InChI=1S/C16H33N3O/c1-12(2)19(4)10-6-5-9-18-16(20)14-8-7-13(3)15(17)11-14/h12-15H,5-11,17H2,1-4H3,(H,18,20). The quantitative estimate of drug-likeness (QED) is 0.703. The maximum absolute atomic E-state index is 12.1. The smallest absolute Gasteiger partial charge is 0.223 e. The summed E-state index contributed by atoms with van der Waals surface area (Å²) in [5.41, 5.74) is 6.06. The minimum Gasteiger partial charge on any atom is -0.356 e. The van der Waals surface area contributed by atoms with Crippen LogP contribution in [-0.2, 0) is 4.79 Å². The Morgan fingerprint density at radius 1 is 1.35 bits per heavy atom. The van der Waals surface area contributed by atoms with E-state index in [0.717, 1.165) is 45.2 Å². The highest BCUT2D eigenvalue weighted by Gasteiger charge is 2.29. The molecule has 1 amide bonds. The molecule has 0 bridgehead atoms. The minimum absolute atomic E-state index is 0.138. The number of unbranched alkanes of at least 4 members (excludes halogenated alkanes) is 1. The maximum Gasteiger partial charge on any atom is 0.223 e. The van der Waals surface area contributed by atoms with Gasteiger partial charge in [-0.2, -0.15) is 0 Å². The van der Waals surface area contributed by atoms with Crippen molar-refractivity contribution in [3.63, 3.8) is 0 Å². The van der Waals surface area contributed by atoms with E-state index >= 15 is 0 Å². The highest BCUT2D eigenvalue weighted by Crippen LogP contribution is 2.27. The number of hydrogen-bond donors (Lipinski definition) is 2. The zero-order valence-electron chi connectivity index (χ0n) is 13.7. The van der Waals surface area contributed by atoms with Crippen LogP contribution in [-0.4, -0.2) is 43.0 Å². The fourth-order valence-electron chi connectivity index (χ4n) is 2.70. The molecule has 0 radical (unpaired) electrons. The van der Waals surface area contributed by atoms with Crippen molar-refractivity contribution < 1.29 is 4.79 Å². The molecule has 1 aliphatic rings. The van der Waals surface area contributed by atoms with Crippen LogP contribution in [0.15, 0.2) is 0 Å². The number of nitrogens with zero attached hydrogens (tertiary/aromatic N) is 1. The van der Waals surface area contributed by atoms with Crippen LogP contribution in [0.5, 0.6) is 0 Å². The number of amides is 1. The van der Waals surface area contributed by atoms with Crippen LogP contribution in [0.1, 0.15) is 52.9 Å². The monoisotopic (exact) mass is 283 g/mol. The van der Waals surface area contributed by atoms with E-state index in [1.807, 2.05) is 0 Å². The largest absolute Gasteiger partial charge is 0.356 e. The topological polar surface area (TPSA) is 58.4 Å². The molecule has 118 valence electrons. The zero-order valence-corrected chi connectivity index (χ0v) is 13.7. The van der Waals surface area contributed by atoms with E-state index in [1.165, 1.54) is 0 Å². The fourth-order valence-corrected chi connectivity index (χ4v) is 2.70. The Bertz CT molecular complexity index is 293. The molecule has 3 atom stereocenters. The summed E-state index contributed by atoms with van der Waals surface area (Å²) in [7, 11) is 2.15. The van der Waals surface area contributed by atoms with Crippen molar-refractivity contribution in [2.45, 2.75) is 65.0 Å². The van der Waals surface area contributed by atoms with Gasteiger partial charge in [-0.1, -0.05) is 6.92 Å². The van der Waals surface area contributed by atoms with E-state index in [-0.39, 0.29) is 17.9 Å². The van der Waals surface area contributed by atoms with E-state index < -0.39 is 0 Å². The van der Waals surface area contributed by atoms with Gasteiger partial charge < -0.3 is 16.0 Å². The number of hydrogen-bond acceptors (Lipinski definition) is 3. The molecule has 0 aromatic carbocycles. The molecule has 1 fully saturated rings. The Hall–Kier alpha value is -0.610. The predicted octanol–water partition coefficient (Wildman–Crippen LogP) is 1.99. The Kier molecular flexibility index (Phi) is 7.52.